The molecule has 0 unspecified atom stereocenters. The highest BCUT2D eigenvalue weighted by atomic mass is 16.4. The maximum atomic E-state index is 10.5. The topological polar surface area (TPSA) is 37.3 Å². The molecule has 0 heterocycles. The maximum absolute atomic E-state index is 10.5. The van der Waals surface area contributed by atoms with Crippen LogP contribution in [0.5, 0.6) is 0 Å². The minimum atomic E-state index is -0.740. The van der Waals surface area contributed by atoms with Gasteiger partial charge in [-0.2, -0.15) is 0 Å². The number of rotatable bonds is 2. The molecule has 1 aliphatic carbocycles. The van der Waals surface area contributed by atoms with Gasteiger partial charge in [-0.15, -0.1) is 0 Å². The van der Waals surface area contributed by atoms with Crippen LogP contribution in [0.15, 0.2) is 18.2 Å². The molecule has 2 nitrogen and oxygen atoms in total. The second-order valence-electron chi connectivity index (χ2n) is 3.13. The molecule has 1 aromatic carbocycles. The van der Waals surface area contributed by atoms with Gasteiger partial charge >= 0.3 is 5.97 Å². The lowest BCUT2D eigenvalue weighted by Gasteiger charge is -2.21. The number of carboxylic acids is 1. The molecular formula is C10H10O2. The number of fused-ring (bicyclic) bond motifs is 1. The zero-order valence-corrected chi connectivity index (χ0v) is 6.71. The molecule has 2 rings (SSSR count). The fourth-order valence-corrected chi connectivity index (χ4v) is 1.65. The average molecular weight is 162 g/mol. The fourth-order valence-electron chi connectivity index (χ4n) is 1.65. The normalized spacial score (nSPS) is 13.3. The second-order valence-corrected chi connectivity index (χ2v) is 3.13. The molecule has 0 saturated carbocycles. The molecule has 1 N–H and O–H groups in total. The first-order valence-electron chi connectivity index (χ1n) is 4.09. The van der Waals surface area contributed by atoms with Gasteiger partial charge in [0.15, 0.2) is 0 Å². The highest BCUT2D eigenvalue weighted by molar-refractivity contribution is 5.71. The van der Waals surface area contributed by atoms with Crippen LogP contribution in [0.1, 0.15) is 16.7 Å². The molecule has 0 amide bonds. The summed E-state index contributed by atoms with van der Waals surface area (Å²) >= 11 is 0. The van der Waals surface area contributed by atoms with Crippen LogP contribution in [-0.2, 0) is 24.1 Å². The third kappa shape index (κ3) is 1.09. The molecule has 1 aliphatic rings. The lowest BCUT2D eigenvalue weighted by molar-refractivity contribution is -0.136. The van der Waals surface area contributed by atoms with Crippen LogP contribution < -0.4 is 0 Å². The molecule has 2 heteroatoms. The van der Waals surface area contributed by atoms with Crippen LogP contribution in [0.2, 0.25) is 0 Å². The van der Waals surface area contributed by atoms with Crippen LogP contribution >= 0.6 is 0 Å². The Hall–Kier alpha value is -1.31. The summed E-state index contributed by atoms with van der Waals surface area (Å²) in [6.45, 7) is 0. The van der Waals surface area contributed by atoms with Crippen molar-refractivity contribution >= 4 is 5.97 Å². The molecule has 0 fully saturated rings. The van der Waals surface area contributed by atoms with Gasteiger partial charge in [0.1, 0.15) is 0 Å². The van der Waals surface area contributed by atoms with E-state index in [1.807, 2.05) is 12.1 Å². The molecule has 0 saturated heterocycles. The summed E-state index contributed by atoms with van der Waals surface area (Å²) in [6, 6.07) is 5.92. The van der Waals surface area contributed by atoms with E-state index in [0.29, 0.717) is 0 Å². The van der Waals surface area contributed by atoms with E-state index < -0.39 is 5.97 Å². The van der Waals surface area contributed by atoms with Crippen molar-refractivity contribution in [3.05, 3.63) is 34.9 Å². The maximum Gasteiger partial charge on any atom is 0.307 e. The molecule has 0 aliphatic heterocycles. The van der Waals surface area contributed by atoms with Crippen LogP contribution in [0.3, 0.4) is 0 Å². The van der Waals surface area contributed by atoms with Crippen molar-refractivity contribution in [3.63, 3.8) is 0 Å². The van der Waals surface area contributed by atoms with E-state index in [1.165, 1.54) is 11.1 Å². The molecule has 1 aromatic rings. The first-order chi connectivity index (χ1) is 5.77. The number of aliphatic carboxylic acids is 1. The van der Waals surface area contributed by atoms with Crippen molar-refractivity contribution in [2.24, 2.45) is 0 Å². The Morgan fingerprint density at radius 2 is 2.25 bits per heavy atom. The fraction of sp³-hybridized carbons (Fsp3) is 0.300. The Labute approximate surface area is 70.8 Å². The zero-order valence-electron chi connectivity index (χ0n) is 6.71. The van der Waals surface area contributed by atoms with E-state index in [4.69, 9.17) is 5.11 Å². The van der Waals surface area contributed by atoms with Gasteiger partial charge in [0.05, 0.1) is 6.42 Å². The highest BCUT2D eigenvalue weighted by Crippen LogP contribution is 2.26. The van der Waals surface area contributed by atoms with Crippen molar-refractivity contribution < 1.29 is 9.90 Å². The van der Waals surface area contributed by atoms with Gasteiger partial charge in [-0.25, -0.2) is 0 Å². The van der Waals surface area contributed by atoms with Gasteiger partial charge in [0.2, 0.25) is 0 Å². The molecule has 0 atom stereocenters. The Morgan fingerprint density at radius 1 is 1.42 bits per heavy atom. The number of hydrogen-bond donors (Lipinski definition) is 1. The minimum absolute atomic E-state index is 0.170. The molecule has 0 bridgehead atoms. The van der Waals surface area contributed by atoms with E-state index in [-0.39, 0.29) is 6.42 Å². The summed E-state index contributed by atoms with van der Waals surface area (Å²) in [6.07, 6.45) is 2.34. The Kier molecular flexibility index (Phi) is 1.61. The van der Waals surface area contributed by atoms with Crippen LogP contribution in [0, 0.1) is 0 Å². The number of hydrogen-bond acceptors (Lipinski definition) is 1. The van der Waals surface area contributed by atoms with Gasteiger partial charge in [0, 0.05) is 0 Å². The minimum Gasteiger partial charge on any atom is -0.481 e. The van der Waals surface area contributed by atoms with Gasteiger partial charge in [0.25, 0.3) is 0 Å². The summed E-state index contributed by atoms with van der Waals surface area (Å²) < 4.78 is 0. The Bertz CT molecular complexity index is 329. The summed E-state index contributed by atoms with van der Waals surface area (Å²) in [5.74, 6) is -0.740. The third-order valence-electron chi connectivity index (χ3n) is 2.36. The van der Waals surface area contributed by atoms with Gasteiger partial charge in [-0.05, 0) is 29.5 Å². The van der Waals surface area contributed by atoms with Crippen LogP contribution in [0.25, 0.3) is 0 Å². The molecule has 0 spiro atoms. The van der Waals surface area contributed by atoms with Crippen molar-refractivity contribution in [2.45, 2.75) is 19.3 Å². The van der Waals surface area contributed by atoms with Crippen molar-refractivity contribution in [2.75, 3.05) is 0 Å². The Morgan fingerprint density at radius 3 is 2.83 bits per heavy atom. The molecule has 12 heavy (non-hydrogen) atoms. The molecule has 62 valence electrons. The number of carboxylic acid groups (broad SMARTS) is 1. The van der Waals surface area contributed by atoms with Crippen LogP contribution in [0.4, 0.5) is 0 Å². The van der Waals surface area contributed by atoms with Gasteiger partial charge < -0.3 is 5.11 Å². The molecular weight excluding hydrogens is 152 g/mol. The first kappa shape index (κ1) is 7.35. The SMILES string of the molecule is O=C(O)Cc1cccc2c1CC2. The number of benzene rings is 1. The molecule has 0 radical (unpaired) electrons. The third-order valence-corrected chi connectivity index (χ3v) is 2.36. The van der Waals surface area contributed by atoms with Crippen molar-refractivity contribution in [3.8, 4) is 0 Å². The largest absolute Gasteiger partial charge is 0.481 e. The Balaban J connectivity index is 2.32. The standard InChI is InChI=1S/C10H10O2/c11-10(12)6-8-3-1-2-7-4-5-9(7)8/h1-3H,4-6H2,(H,11,12). The average Bonchev–Trinajstić information content (AvgIpc) is 1.91. The first-order valence-corrected chi connectivity index (χ1v) is 4.09. The molecule has 0 aromatic heterocycles. The zero-order chi connectivity index (χ0) is 8.55. The quantitative estimate of drug-likeness (QED) is 0.714. The lowest BCUT2D eigenvalue weighted by Crippen LogP contribution is -2.13. The lowest BCUT2D eigenvalue weighted by atomic mass is 9.84. The number of aryl methyl sites for hydroxylation is 1. The predicted octanol–water partition coefficient (Wildman–Crippen LogP) is 1.41. The summed E-state index contributed by atoms with van der Waals surface area (Å²) in [5.41, 5.74) is 3.58. The van der Waals surface area contributed by atoms with E-state index in [1.54, 1.807) is 0 Å². The number of carbonyl (C=O) groups is 1. The summed E-state index contributed by atoms with van der Waals surface area (Å²) in [5, 5.41) is 8.61. The van der Waals surface area contributed by atoms with E-state index in [0.717, 1.165) is 18.4 Å². The van der Waals surface area contributed by atoms with Crippen molar-refractivity contribution in [1.29, 1.82) is 0 Å². The highest BCUT2D eigenvalue weighted by Gasteiger charge is 2.17. The van der Waals surface area contributed by atoms with Crippen LogP contribution in [-0.4, -0.2) is 11.1 Å². The second kappa shape index (κ2) is 2.63. The van der Waals surface area contributed by atoms with Gasteiger partial charge in [-0.1, -0.05) is 18.2 Å². The monoisotopic (exact) mass is 162 g/mol. The van der Waals surface area contributed by atoms with E-state index in [9.17, 15) is 4.79 Å². The van der Waals surface area contributed by atoms with Gasteiger partial charge in [-0.3, -0.25) is 4.79 Å². The predicted molar refractivity (Wildman–Crippen MR) is 45.2 cm³/mol. The van der Waals surface area contributed by atoms with E-state index in [2.05, 4.69) is 6.07 Å². The summed E-state index contributed by atoms with van der Waals surface area (Å²) in [4.78, 5) is 10.5. The summed E-state index contributed by atoms with van der Waals surface area (Å²) in [7, 11) is 0. The van der Waals surface area contributed by atoms with E-state index >= 15 is 0 Å². The smallest absolute Gasteiger partial charge is 0.307 e. The van der Waals surface area contributed by atoms with Crippen molar-refractivity contribution in [1.82, 2.24) is 0 Å².